The van der Waals surface area contributed by atoms with Crippen LogP contribution in [0.5, 0.6) is 0 Å². The van der Waals surface area contributed by atoms with Crippen LogP contribution >= 0.6 is 0 Å². The lowest BCUT2D eigenvalue weighted by Crippen LogP contribution is -2.27. The predicted octanol–water partition coefficient (Wildman–Crippen LogP) is 4.10. The molecule has 0 amide bonds. The fourth-order valence-corrected chi connectivity index (χ4v) is 2.75. The number of hydrogen-bond donors (Lipinski definition) is 1. The molecule has 0 fully saturated rings. The van der Waals surface area contributed by atoms with Gasteiger partial charge in [-0.15, -0.1) is 0 Å². The van der Waals surface area contributed by atoms with Gasteiger partial charge in [0.25, 0.3) is 0 Å². The van der Waals surface area contributed by atoms with Gasteiger partial charge in [-0.1, -0.05) is 51.1 Å². The highest BCUT2D eigenvalue weighted by Crippen LogP contribution is 2.31. The Balaban J connectivity index is 2.35. The second-order valence-corrected chi connectivity index (χ2v) is 5.13. The van der Waals surface area contributed by atoms with Gasteiger partial charge in [-0.05, 0) is 36.2 Å². The van der Waals surface area contributed by atoms with Crippen LogP contribution in [-0.2, 0) is 6.42 Å². The Morgan fingerprint density at radius 3 is 2.45 bits per heavy atom. The molecule has 0 aliphatic carbocycles. The van der Waals surface area contributed by atoms with E-state index in [-0.39, 0.29) is 0 Å². The molecule has 2 nitrogen and oxygen atoms in total. The average Bonchev–Trinajstić information content (AvgIpc) is 2.53. The zero-order valence-electron chi connectivity index (χ0n) is 12.6. The second-order valence-electron chi connectivity index (χ2n) is 5.13. The molecule has 20 heavy (non-hydrogen) atoms. The zero-order chi connectivity index (χ0) is 14.4. The van der Waals surface area contributed by atoms with Crippen LogP contribution in [0.15, 0.2) is 48.7 Å². The van der Waals surface area contributed by atoms with Gasteiger partial charge in [-0.25, -0.2) is 0 Å². The summed E-state index contributed by atoms with van der Waals surface area (Å²) in [4.78, 5) is 4.52. The van der Waals surface area contributed by atoms with Crippen molar-refractivity contribution in [2.45, 2.75) is 39.2 Å². The third kappa shape index (κ3) is 3.26. The van der Waals surface area contributed by atoms with Crippen LogP contribution in [0.4, 0.5) is 0 Å². The number of pyridine rings is 1. The molecular weight excluding hydrogens is 244 g/mol. The molecule has 0 aliphatic rings. The third-order valence-corrected chi connectivity index (χ3v) is 3.85. The lowest BCUT2D eigenvalue weighted by atomic mass is 9.88. The lowest BCUT2D eigenvalue weighted by Gasteiger charge is -2.27. The highest BCUT2D eigenvalue weighted by atomic mass is 14.9. The van der Waals surface area contributed by atoms with Crippen LogP contribution < -0.4 is 5.32 Å². The molecule has 1 aromatic heterocycles. The van der Waals surface area contributed by atoms with Gasteiger partial charge in [0.15, 0.2) is 0 Å². The summed E-state index contributed by atoms with van der Waals surface area (Å²) >= 11 is 0. The number of aryl methyl sites for hydroxylation is 1. The Morgan fingerprint density at radius 1 is 1.05 bits per heavy atom. The molecule has 0 saturated carbocycles. The van der Waals surface area contributed by atoms with E-state index in [1.807, 2.05) is 12.3 Å². The normalized spacial score (nSPS) is 13.9. The summed E-state index contributed by atoms with van der Waals surface area (Å²) in [5.41, 5.74) is 3.96. The molecule has 106 valence electrons. The first-order valence-corrected chi connectivity index (χ1v) is 7.50. The van der Waals surface area contributed by atoms with Gasteiger partial charge in [0.1, 0.15) is 0 Å². The number of rotatable bonds is 6. The second kappa shape index (κ2) is 7.20. The molecular formula is C18H24N2. The largest absolute Gasteiger partial charge is 0.310 e. The summed E-state index contributed by atoms with van der Waals surface area (Å²) < 4.78 is 0. The number of nitrogens with zero attached hydrogens (tertiary/aromatic N) is 1. The van der Waals surface area contributed by atoms with Crippen LogP contribution in [0, 0.1) is 0 Å². The van der Waals surface area contributed by atoms with Crippen molar-refractivity contribution < 1.29 is 0 Å². The quantitative estimate of drug-likeness (QED) is 0.853. The Labute approximate surface area is 122 Å². The van der Waals surface area contributed by atoms with Gasteiger partial charge in [-0.3, -0.25) is 4.98 Å². The summed E-state index contributed by atoms with van der Waals surface area (Å²) in [5, 5.41) is 3.63. The van der Waals surface area contributed by atoms with Crippen molar-refractivity contribution in [1.29, 1.82) is 0 Å². The van der Waals surface area contributed by atoms with Crippen molar-refractivity contribution in [3.8, 4) is 0 Å². The summed E-state index contributed by atoms with van der Waals surface area (Å²) in [6, 6.07) is 15.2. The molecule has 1 heterocycles. The van der Waals surface area contributed by atoms with Crippen molar-refractivity contribution in [2.24, 2.45) is 0 Å². The third-order valence-electron chi connectivity index (χ3n) is 3.85. The number of aromatic nitrogens is 1. The Kier molecular flexibility index (Phi) is 5.31. The van der Waals surface area contributed by atoms with E-state index in [1.54, 1.807) is 0 Å². The molecule has 0 spiro atoms. The van der Waals surface area contributed by atoms with Crippen LogP contribution in [0.25, 0.3) is 0 Å². The summed E-state index contributed by atoms with van der Waals surface area (Å²) in [7, 11) is 0. The van der Waals surface area contributed by atoms with E-state index in [4.69, 9.17) is 0 Å². The fraction of sp³-hybridized carbons (Fsp3) is 0.389. The molecule has 1 N–H and O–H groups in total. The molecule has 0 saturated heterocycles. The SMILES string of the molecule is CCNC(c1ccccc1CC)C(C)c1ccccn1. The summed E-state index contributed by atoms with van der Waals surface area (Å²) in [6.45, 7) is 7.59. The molecule has 2 aromatic rings. The zero-order valence-corrected chi connectivity index (χ0v) is 12.6. The topological polar surface area (TPSA) is 24.9 Å². The van der Waals surface area contributed by atoms with Gasteiger partial charge in [-0.2, -0.15) is 0 Å². The Morgan fingerprint density at radius 2 is 1.80 bits per heavy atom. The average molecular weight is 268 g/mol. The molecule has 0 bridgehead atoms. The van der Waals surface area contributed by atoms with E-state index in [1.165, 1.54) is 11.1 Å². The van der Waals surface area contributed by atoms with Gasteiger partial charge >= 0.3 is 0 Å². The molecule has 0 aliphatic heterocycles. The van der Waals surface area contributed by atoms with E-state index in [0.717, 1.165) is 18.7 Å². The minimum absolute atomic E-state index is 0.311. The van der Waals surface area contributed by atoms with E-state index in [9.17, 15) is 0 Å². The van der Waals surface area contributed by atoms with Crippen molar-refractivity contribution in [3.63, 3.8) is 0 Å². The molecule has 2 heteroatoms. The van der Waals surface area contributed by atoms with Crippen molar-refractivity contribution in [2.75, 3.05) is 6.54 Å². The molecule has 2 unspecified atom stereocenters. The first kappa shape index (κ1) is 14.7. The van der Waals surface area contributed by atoms with E-state index >= 15 is 0 Å². The number of hydrogen-bond acceptors (Lipinski definition) is 2. The number of likely N-dealkylation sites (N-methyl/N-ethyl adjacent to an activating group) is 1. The van der Waals surface area contributed by atoms with Crippen LogP contribution in [0.1, 0.15) is 49.6 Å². The van der Waals surface area contributed by atoms with E-state index in [0.29, 0.717) is 12.0 Å². The molecule has 2 atom stereocenters. The Bertz CT molecular complexity index is 522. The monoisotopic (exact) mass is 268 g/mol. The van der Waals surface area contributed by atoms with Crippen LogP contribution in [0.3, 0.4) is 0 Å². The first-order valence-electron chi connectivity index (χ1n) is 7.50. The maximum Gasteiger partial charge on any atom is 0.0450 e. The van der Waals surface area contributed by atoms with Gasteiger partial charge in [0, 0.05) is 23.9 Å². The van der Waals surface area contributed by atoms with Gasteiger partial charge < -0.3 is 5.32 Å². The first-order chi connectivity index (χ1) is 9.77. The Hall–Kier alpha value is -1.67. The van der Waals surface area contributed by atoms with Crippen molar-refractivity contribution in [1.82, 2.24) is 10.3 Å². The maximum absolute atomic E-state index is 4.52. The molecule has 0 radical (unpaired) electrons. The molecule has 2 rings (SSSR count). The van der Waals surface area contributed by atoms with Gasteiger partial charge in [0.2, 0.25) is 0 Å². The highest BCUT2D eigenvalue weighted by Gasteiger charge is 2.22. The van der Waals surface area contributed by atoms with Crippen molar-refractivity contribution >= 4 is 0 Å². The fourth-order valence-electron chi connectivity index (χ4n) is 2.75. The number of nitrogens with one attached hydrogen (secondary N) is 1. The van der Waals surface area contributed by atoms with E-state index < -0.39 is 0 Å². The standard InChI is InChI=1S/C18H24N2/c1-4-15-10-6-7-11-16(15)18(19-5-2)14(3)17-12-8-9-13-20-17/h6-14,18-19H,4-5H2,1-3H3. The maximum atomic E-state index is 4.52. The van der Waals surface area contributed by atoms with Crippen LogP contribution in [-0.4, -0.2) is 11.5 Å². The van der Waals surface area contributed by atoms with Crippen molar-refractivity contribution in [3.05, 3.63) is 65.5 Å². The molecule has 1 aromatic carbocycles. The minimum atomic E-state index is 0.311. The highest BCUT2D eigenvalue weighted by molar-refractivity contribution is 5.32. The predicted molar refractivity (Wildman–Crippen MR) is 84.9 cm³/mol. The van der Waals surface area contributed by atoms with Crippen LogP contribution in [0.2, 0.25) is 0 Å². The van der Waals surface area contributed by atoms with Gasteiger partial charge in [0.05, 0.1) is 0 Å². The minimum Gasteiger partial charge on any atom is -0.310 e. The summed E-state index contributed by atoms with van der Waals surface area (Å²) in [6.07, 6.45) is 2.94. The number of benzene rings is 1. The smallest absolute Gasteiger partial charge is 0.0450 e. The lowest BCUT2D eigenvalue weighted by molar-refractivity contribution is 0.469. The summed E-state index contributed by atoms with van der Waals surface area (Å²) in [5.74, 6) is 0.351. The van der Waals surface area contributed by atoms with E-state index in [2.05, 4.69) is 67.5 Å².